The third-order valence-corrected chi connectivity index (χ3v) is 6.22. The number of anilines is 3. The van der Waals surface area contributed by atoms with Crippen LogP contribution >= 0.6 is 0 Å². The fourth-order valence-corrected chi connectivity index (χ4v) is 4.10. The summed E-state index contributed by atoms with van der Waals surface area (Å²) < 4.78 is 8.05. The molecule has 0 fully saturated rings. The molecule has 3 N–H and O–H groups in total. The first-order valence-electron chi connectivity index (χ1n) is 13.2. The average Bonchev–Trinajstić information content (AvgIpc) is 3.29. The molecule has 0 unspecified atom stereocenters. The highest BCUT2D eigenvalue weighted by molar-refractivity contribution is 5.87. The van der Waals surface area contributed by atoms with E-state index in [0.29, 0.717) is 16.9 Å². The SMILES string of the molecule is CCCCCCCC.Cc1cc(Nc2ncnc3cnc(N)nc23)ccc1Oc1ccc2c(c1)ncn2C. The molecule has 198 valence electrons. The van der Waals surface area contributed by atoms with Crippen LogP contribution in [0.1, 0.15) is 57.9 Å². The van der Waals surface area contributed by atoms with Gasteiger partial charge in [0.25, 0.3) is 0 Å². The van der Waals surface area contributed by atoms with Crippen molar-refractivity contribution in [3.63, 3.8) is 0 Å². The fourth-order valence-electron chi connectivity index (χ4n) is 4.10. The number of nitrogens with one attached hydrogen (secondary N) is 1. The van der Waals surface area contributed by atoms with Crippen molar-refractivity contribution in [2.75, 3.05) is 11.1 Å². The van der Waals surface area contributed by atoms with Crippen LogP contribution in [0.3, 0.4) is 0 Å². The van der Waals surface area contributed by atoms with Crippen molar-refractivity contribution in [2.24, 2.45) is 7.05 Å². The van der Waals surface area contributed by atoms with Gasteiger partial charge in [0.2, 0.25) is 5.95 Å². The minimum Gasteiger partial charge on any atom is -0.457 e. The Labute approximate surface area is 223 Å². The molecular formula is C29H36N8O. The predicted octanol–water partition coefficient (Wildman–Crippen LogP) is 7.10. The van der Waals surface area contributed by atoms with E-state index in [4.69, 9.17) is 10.5 Å². The van der Waals surface area contributed by atoms with Crippen LogP contribution in [0.2, 0.25) is 0 Å². The van der Waals surface area contributed by atoms with Crippen LogP contribution in [0, 0.1) is 6.92 Å². The number of aromatic nitrogens is 6. The number of fused-ring (bicyclic) bond motifs is 2. The third kappa shape index (κ3) is 6.73. The molecule has 3 aromatic heterocycles. The predicted molar refractivity (Wildman–Crippen MR) is 154 cm³/mol. The number of nitrogens with two attached hydrogens (primary N) is 1. The lowest BCUT2D eigenvalue weighted by Crippen LogP contribution is -2.01. The van der Waals surface area contributed by atoms with Gasteiger partial charge in [-0.15, -0.1) is 0 Å². The van der Waals surface area contributed by atoms with Crippen molar-refractivity contribution >= 4 is 39.5 Å². The smallest absolute Gasteiger partial charge is 0.220 e. The zero-order valence-electron chi connectivity index (χ0n) is 22.6. The maximum Gasteiger partial charge on any atom is 0.220 e. The van der Waals surface area contributed by atoms with Crippen LogP contribution in [0.4, 0.5) is 17.5 Å². The number of aryl methyl sites for hydroxylation is 2. The van der Waals surface area contributed by atoms with Crippen LogP contribution in [-0.4, -0.2) is 29.5 Å². The average molecular weight is 513 g/mol. The van der Waals surface area contributed by atoms with Gasteiger partial charge in [-0.3, -0.25) is 0 Å². The summed E-state index contributed by atoms with van der Waals surface area (Å²) in [6, 6.07) is 11.7. The summed E-state index contributed by atoms with van der Waals surface area (Å²) in [5.74, 6) is 2.22. The van der Waals surface area contributed by atoms with E-state index in [9.17, 15) is 0 Å². The van der Waals surface area contributed by atoms with Crippen molar-refractivity contribution in [1.29, 1.82) is 0 Å². The van der Waals surface area contributed by atoms with Crippen LogP contribution in [-0.2, 0) is 7.05 Å². The van der Waals surface area contributed by atoms with E-state index in [0.717, 1.165) is 33.8 Å². The van der Waals surface area contributed by atoms with Crippen molar-refractivity contribution < 1.29 is 4.74 Å². The molecule has 0 atom stereocenters. The molecule has 0 radical (unpaired) electrons. The molecular weight excluding hydrogens is 476 g/mol. The van der Waals surface area contributed by atoms with Gasteiger partial charge in [0.1, 0.15) is 28.9 Å². The van der Waals surface area contributed by atoms with E-state index in [2.05, 4.69) is 44.1 Å². The molecule has 0 saturated heterocycles. The zero-order valence-corrected chi connectivity index (χ0v) is 22.6. The minimum atomic E-state index is 0.171. The monoisotopic (exact) mass is 512 g/mol. The van der Waals surface area contributed by atoms with E-state index in [-0.39, 0.29) is 5.95 Å². The largest absolute Gasteiger partial charge is 0.457 e. The topological polar surface area (TPSA) is 117 Å². The van der Waals surface area contributed by atoms with E-state index in [1.54, 1.807) is 12.5 Å². The second-order valence-electron chi connectivity index (χ2n) is 9.31. The second kappa shape index (κ2) is 12.8. The van der Waals surface area contributed by atoms with Crippen molar-refractivity contribution in [1.82, 2.24) is 29.5 Å². The first kappa shape index (κ1) is 26.8. The molecule has 0 amide bonds. The number of rotatable bonds is 9. The Kier molecular flexibility index (Phi) is 9.02. The van der Waals surface area contributed by atoms with Crippen molar-refractivity contribution in [2.45, 2.75) is 59.3 Å². The van der Waals surface area contributed by atoms with E-state index >= 15 is 0 Å². The van der Waals surface area contributed by atoms with Gasteiger partial charge in [-0.1, -0.05) is 52.4 Å². The van der Waals surface area contributed by atoms with Crippen LogP contribution < -0.4 is 15.8 Å². The summed E-state index contributed by atoms with van der Waals surface area (Å²) in [4.78, 5) is 21.0. The number of hydrogen-bond donors (Lipinski definition) is 2. The Morgan fingerprint density at radius 1 is 0.895 bits per heavy atom. The minimum absolute atomic E-state index is 0.171. The summed E-state index contributed by atoms with van der Waals surface area (Å²) in [6.07, 6.45) is 13.3. The maximum atomic E-state index is 6.08. The number of hydrogen-bond acceptors (Lipinski definition) is 8. The van der Waals surface area contributed by atoms with Gasteiger partial charge in [0.05, 0.1) is 23.6 Å². The summed E-state index contributed by atoms with van der Waals surface area (Å²) in [5.41, 5.74) is 10.6. The molecule has 0 aliphatic heterocycles. The Morgan fingerprint density at radius 3 is 2.42 bits per heavy atom. The van der Waals surface area contributed by atoms with E-state index < -0.39 is 0 Å². The molecule has 0 aliphatic rings. The van der Waals surface area contributed by atoms with Crippen molar-refractivity contribution in [3.8, 4) is 11.5 Å². The lowest BCUT2D eigenvalue weighted by molar-refractivity contribution is 0.479. The molecule has 5 rings (SSSR count). The highest BCUT2D eigenvalue weighted by Crippen LogP contribution is 2.30. The molecule has 0 saturated carbocycles. The number of ether oxygens (including phenoxy) is 1. The normalized spacial score (nSPS) is 10.8. The van der Waals surface area contributed by atoms with Gasteiger partial charge < -0.3 is 20.4 Å². The molecule has 38 heavy (non-hydrogen) atoms. The fraction of sp³-hybridized carbons (Fsp3) is 0.345. The summed E-state index contributed by atoms with van der Waals surface area (Å²) in [5, 5.41) is 3.27. The maximum absolute atomic E-state index is 6.08. The highest BCUT2D eigenvalue weighted by Gasteiger charge is 2.09. The molecule has 9 heteroatoms. The number of nitrogens with zero attached hydrogens (tertiary/aromatic N) is 6. The van der Waals surface area contributed by atoms with E-state index in [1.807, 2.05) is 54.9 Å². The third-order valence-electron chi connectivity index (χ3n) is 6.22. The van der Waals surface area contributed by atoms with Gasteiger partial charge >= 0.3 is 0 Å². The summed E-state index contributed by atoms with van der Waals surface area (Å²) in [6.45, 7) is 6.50. The van der Waals surface area contributed by atoms with Gasteiger partial charge in [-0.2, -0.15) is 0 Å². The number of benzene rings is 2. The number of unbranched alkanes of at least 4 members (excludes halogenated alkanes) is 5. The lowest BCUT2D eigenvalue weighted by Gasteiger charge is -2.12. The van der Waals surface area contributed by atoms with Crippen molar-refractivity contribution in [3.05, 3.63) is 60.8 Å². The van der Waals surface area contributed by atoms with Crippen LogP contribution in [0.15, 0.2) is 55.2 Å². The van der Waals surface area contributed by atoms with E-state index in [1.165, 1.54) is 44.9 Å². The molecule has 2 aromatic carbocycles. The molecule has 0 aliphatic carbocycles. The number of imidazole rings is 1. The van der Waals surface area contributed by atoms with Gasteiger partial charge in [-0.25, -0.2) is 24.9 Å². The Balaban J connectivity index is 0.000000368. The Hall–Kier alpha value is -4.27. The first-order valence-corrected chi connectivity index (χ1v) is 13.2. The molecule has 9 nitrogen and oxygen atoms in total. The molecule has 5 aromatic rings. The van der Waals surface area contributed by atoms with Gasteiger partial charge in [0.15, 0.2) is 5.82 Å². The van der Waals surface area contributed by atoms with Gasteiger partial charge in [0, 0.05) is 18.8 Å². The molecule has 0 bridgehead atoms. The Morgan fingerprint density at radius 2 is 1.68 bits per heavy atom. The lowest BCUT2D eigenvalue weighted by atomic mass is 10.1. The number of nitrogen functional groups attached to an aromatic ring is 1. The first-order chi connectivity index (χ1) is 18.5. The van der Waals surface area contributed by atoms with Crippen LogP contribution in [0.5, 0.6) is 11.5 Å². The summed E-state index contributed by atoms with van der Waals surface area (Å²) in [7, 11) is 1.97. The van der Waals surface area contributed by atoms with Crippen LogP contribution in [0.25, 0.3) is 22.1 Å². The highest BCUT2D eigenvalue weighted by atomic mass is 16.5. The second-order valence-corrected chi connectivity index (χ2v) is 9.31. The molecule has 0 spiro atoms. The Bertz CT molecular complexity index is 1490. The quantitative estimate of drug-likeness (QED) is 0.201. The zero-order chi connectivity index (χ0) is 26.9. The van der Waals surface area contributed by atoms with Gasteiger partial charge in [-0.05, 0) is 42.8 Å². The molecule has 3 heterocycles. The summed E-state index contributed by atoms with van der Waals surface area (Å²) >= 11 is 0. The standard InChI is InChI=1S/C21H18N8O.C8H18/c1-12-7-13(27-20-19-16(24-10-25-20)9-23-21(22)28-19)3-6-18(12)30-14-4-5-17-15(8-14)26-11-29(17)2;1-3-5-7-8-6-4-2/h3-11H,1-2H3,(H2,22,23,28)(H,24,25,27);3-8H2,1-2H3.